The Morgan fingerprint density at radius 1 is 1.13 bits per heavy atom. The van der Waals surface area contributed by atoms with Gasteiger partial charge in [0.05, 0.1) is 10.9 Å². The van der Waals surface area contributed by atoms with Crippen LogP contribution >= 0.6 is 11.6 Å². The van der Waals surface area contributed by atoms with Gasteiger partial charge in [0.15, 0.2) is 6.61 Å². The molecule has 4 rings (SSSR count). The molecule has 4 aromatic rings. The van der Waals surface area contributed by atoms with E-state index in [-0.39, 0.29) is 18.1 Å². The minimum Gasteiger partial charge on any atom is -0.484 e. The van der Waals surface area contributed by atoms with Crippen LogP contribution in [0.25, 0.3) is 22.3 Å². The van der Waals surface area contributed by atoms with E-state index in [1.165, 1.54) is 4.57 Å². The van der Waals surface area contributed by atoms with Crippen LogP contribution in [0.1, 0.15) is 0 Å². The molecule has 0 aliphatic carbocycles. The van der Waals surface area contributed by atoms with Crippen molar-refractivity contribution >= 4 is 34.2 Å². The second kappa shape index (κ2) is 8.34. The molecule has 0 saturated carbocycles. The van der Waals surface area contributed by atoms with Gasteiger partial charge in [-0.05, 0) is 54.6 Å². The van der Waals surface area contributed by atoms with Crippen LogP contribution in [0.5, 0.6) is 5.75 Å². The molecular formula is C22H17ClN4O3. The summed E-state index contributed by atoms with van der Waals surface area (Å²) < 4.78 is 7.01. The normalized spacial score (nSPS) is 10.7. The Labute approximate surface area is 176 Å². The van der Waals surface area contributed by atoms with E-state index in [9.17, 15) is 9.59 Å². The Morgan fingerprint density at radius 3 is 2.67 bits per heavy atom. The number of hydrogen-bond donors (Lipinski definition) is 1. The van der Waals surface area contributed by atoms with Gasteiger partial charge >= 0.3 is 0 Å². The van der Waals surface area contributed by atoms with E-state index in [0.717, 1.165) is 5.56 Å². The van der Waals surface area contributed by atoms with Crippen molar-refractivity contribution in [3.05, 3.63) is 82.2 Å². The number of halogens is 1. The lowest BCUT2D eigenvalue weighted by atomic mass is 10.1. The minimum atomic E-state index is -0.310. The first-order chi connectivity index (χ1) is 14.5. The molecule has 0 saturated heterocycles. The highest BCUT2D eigenvalue weighted by molar-refractivity contribution is 6.31. The van der Waals surface area contributed by atoms with Crippen LogP contribution in [0.2, 0.25) is 5.02 Å². The SMILES string of the molecule is Cn1c(-c2ccc(OCC(=O)Nc3ccccn3)cc2)nc2ccc(Cl)cc2c1=O. The molecule has 0 aliphatic heterocycles. The molecule has 0 radical (unpaired) electrons. The summed E-state index contributed by atoms with van der Waals surface area (Å²) in [5.41, 5.74) is 1.14. The molecule has 0 bridgehead atoms. The first kappa shape index (κ1) is 19.6. The number of hydrogen-bond acceptors (Lipinski definition) is 5. The molecule has 0 unspecified atom stereocenters. The molecular weight excluding hydrogens is 404 g/mol. The summed E-state index contributed by atoms with van der Waals surface area (Å²) >= 11 is 5.99. The van der Waals surface area contributed by atoms with Gasteiger partial charge in [0.1, 0.15) is 17.4 Å². The Balaban J connectivity index is 1.50. The number of amides is 1. The number of nitrogens with zero attached hydrogens (tertiary/aromatic N) is 3. The van der Waals surface area contributed by atoms with E-state index in [4.69, 9.17) is 16.3 Å². The Hall–Kier alpha value is -3.71. The van der Waals surface area contributed by atoms with E-state index in [1.807, 2.05) is 0 Å². The topological polar surface area (TPSA) is 86.1 Å². The van der Waals surface area contributed by atoms with Crippen molar-refractivity contribution in [1.29, 1.82) is 0 Å². The van der Waals surface area contributed by atoms with Crippen molar-refractivity contribution in [2.45, 2.75) is 0 Å². The molecule has 2 aromatic carbocycles. The van der Waals surface area contributed by atoms with Gasteiger partial charge in [-0.2, -0.15) is 0 Å². The van der Waals surface area contributed by atoms with Gasteiger partial charge in [0.25, 0.3) is 11.5 Å². The fraction of sp³-hybridized carbons (Fsp3) is 0.0909. The molecule has 0 spiro atoms. The summed E-state index contributed by atoms with van der Waals surface area (Å²) in [6, 6.07) is 17.3. The monoisotopic (exact) mass is 420 g/mol. The lowest BCUT2D eigenvalue weighted by molar-refractivity contribution is -0.118. The highest BCUT2D eigenvalue weighted by Gasteiger charge is 2.11. The molecule has 2 aromatic heterocycles. The number of anilines is 1. The van der Waals surface area contributed by atoms with Gasteiger partial charge in [-0.15, -0.1) is 0 Å². The average Bonchev–Trinajstić information content (AvgIpc) is 2.76. The molecule has 1 N–H and O–H groups in total. The number of pyridine rings is 1. The highest BCUT2D eigenvalue weighted by atomic mass is 35.5. The molecule has 2 heterocycles. The van der Waals surface area contributed by atoms with E-state index >= 15 is 0 Å². The van der Waals surface area contributed by atoms with E-state index in [1.54, 1.807) is 73.9 Å². The second-order valence-corrected chi connectivity index (χ2v) is 6.97. The van der Waals surface area contributed by atoms with Gasteiger partial charge in [0.2, 0.25) is 0 Å². The highest BCUT2D eigenvalue weighted by Crippen LogP contribution is 2.22. The van der Waals surface area contributed by atoms with Gasteiger partial charge in [-0.25, -0.2) is 9.97 Å². The van der Waals surface area contributed by atoms with E-state index < -0.39 is 0 Å². The number of aromatic nitrogens is 3. The quantitative estimate of drug-likeness (QED) is 0.532. The number of ether oxygens (including phenoxy) is 1. The summed E-state index contributed by atoms with van der Waals surface area (Å²) in [6.07, 6.45) is 1.60. The number of carbonyl (C=O) groups is 1. The Bertz CT molecular complexity index is 1270. The van der Waals surface area contributed by atoms with Crippen molar-refractivity contribution < 1.29 is 9.53 Å². The number of nitrogens with one attached hydrogen (secondary N) is 1. The van der Waals surface area contributed by atoms with Crippen LogP contribution < -0.4 is 15.6 Å². The largest absolute Gasteiger partial charge is 0.484 e. The van der Waals surface area contributed by atoms with Gasteiger partial charge in [0, 0.05) is 23.8 Å². The van der Waals surface area contributed by atoms with Crippen molar-refractivity contribution in [3.63, 3.8) is 0 Å². The summed E-state index contributed by atoms with van der Waals surface area (Å²) in [5.74, 6) is 1.20. The zero-order valence-electron chi connectivity index (χ0n) is 16.0. The zero-order valence-corrected chi connectivity index (χ0v) is 16.8. The Kier molecular flexibility index (Phi) is 5.45. The number of benzene rings is 2. The van der Waals surface area contributed by atoms with E-state index in [2.05, 4.69) is 15.3 Å². The number of carbonyl (C=O) groups excluding carboxylic acids is 1. The molecule has 0 atom stereocenters. The standard InChI is InChI=1S/C22H17ClN4O3/c1-27-21(25-18-10-7-15(23)12-17(18)22(27)29)14-5-8-16(9-6-14)30-13-20(28)26-19-4-2-3-11-24-19/h2-12H,13H2,1H3,(H,24,26,28). The third-order valence-electron chi connectivity index (χ3n) is 4.45. The van der Waals surface area contributed by atoms with Crippen LogP contribution in [0.3, 0.4) is 0 Å². The summed E-state index contributed by atoms with van der Waals surface area (Å²) in [5, 5.41) is 3.61. The minimum absolute atomic E-state index is 0.149. The fourth-order valence-electron chi connectivity index (χ4n) is 2.97. The lowest BCUT2D eigenvalue weighted by Crippen LogP contribution is -2.21. The summed E-state index contributed by atoms with van der Waals surface area (Å²) in [6.45, 7) is -0.149. The smallest absolute Gasteiger partial charge is 0.263 e. The molecule has 8 heteroatoms. The van der Waals surface area contributed by atoms with Crippen LogP contribution in [0.15, 0.2) is 71.7 Å². The second-order valence-electron chi connectivity index (χ2n) is 6.54. The van der Waals surface area contributed by atoms with Crippen LogP contribution in [0, 0.1) is 0 Å². The maximum Gasteiger partial charge on any atom is 0.263 e. The third-order valence-corrected chi connectivity index (χ3v) is 4.69. The Morgan fingerprint density at radius 2 is 1.93 bits per heavy atom. The molecule has 150 valence electrons. The average molecular weight is 421 g/mol. The predicted molar refractivity (Wildman–Crippen MR) is 116 cm³/mol. The van der Waals surface area contributed by atoms with Gasteiger partial charge in [-0.3, -0.25) is 14.2 Å². The predicted octanol–water partition coefficient (Wildman–Crippen LogP) is 3.67. The first-order valence-corrected chi connectivity index (χ1v) is 9.49. The summed E-state index contributed by atoms with van der Waals surface area (Å²) in [7, 11) is 1.66. The molecule has 7 nitrogen and oxygen atoms in total. The third kappa shape index (κ3) is 4.16. The van der Waals surface area contributed by atoms with Crippen molar-refractivity contribution in [2.75, 3.05) is 11.9 Å². The van der Waals surface area contributed by atoms with Gasteiger partial charge in [-0.1, -0.05) is 17.7 Å². The maximum atomic E-state index is 12.7. The van der Waals surface area contributed by atoms with Crippen molar-refractivity contribution in [2.24, 2.45) is 7.05 Å². The maximum absolute atomic E-state index is 12.7. The molecule has 1 amide bonds. The molecule has 0 aliphatic rings. The summed E-state index contributed by atoms with van der Waals surface area (Å²) in [4.78, 5) is 33.3. The number of rotatable bonds is 5. The lowest BCUT2D eigenvalue weighted by Gasteiger charge is -2.11. The van der Waals surface area contributed by atoms with E-state index in [0.29, 0.717) is 33.3 Å². The van der Waals surface area contributed by atoms with Crippen LogP contribution in [-0.4, -0.2) is 27.0 Å². The van der Waals surface area contributed by atoms with Gasteiger partial charge < -0.3 is 10.1 Å². The molecule has 0 fully saturated rings. The first-order valence-electron chi connectivity index (χ1n) is 9.12. The number of fused-ring (bicyclic) bond motifs is 1. The van der Waals surface area contributed by atoms with Crippen LogP contribution in [0.4, 0.5) is 5.82 Å². The van der Waals surface area contributed by atoms with Crippen LogP contribution in [-0.2, 0) is 11.8 Å². The molecule has 30 heavy (non-hydrogen) atoms. The van der Waals surface area contributed by atoms with Crippen molar-refractivity contribution in [1.82, 2.24) is 14.5 Å². The van der Waals surface area contributed by atoms with Crippen molar-refractivity contribution in [3.8, 4) is 17.1 Å². The zero-order chi connectivity index (χ0) is 21.1. The fourth-order valence-corrected chi connectivity index (χ4v) is 3.14.